The molecule has 0 radical (unpaired) electrons. The first-order valence-electron chi connectivity index (χ1n) is 9.79. The Bertz CT molecular complexity index is 1310. The molecule has 1 amide bonds. The topological polar surface area (TPSA) is 97.3 Å². The number of nitrogens with zero attached hydrogens (tertiary/aromatic N) is 3. The number of amides is 1. The first-order valence-corrected chi connectivity index (χ1v) is 10.7. The summed E-state index contributed by atoms with van der Waals surface area (Å²) in [6, 6.07) is 15.8. The number of imidazole rings is 1. The van der Waals surface area contributed by atoms with Gasteiger partial charge in [-0.3, -0.25) is 14.3 Å². The van der Waals surface area contributed by atoms with E-state index in [0.717, 1.165) is 11.4 Å². The molecular formula is C23H20N4O4S. The van der Waals surface area contributed by atoms with Crippen LogP contribution < -0.4 is 10.6 Å². The van der Waals surface area contributed by atoms with Gasteiger partial charge in [0.1, 0.15) is 6.61 Å². The molecule has 1 N–H and O–H groups in total. The first-order chi connectivity index (χ1) is 15.4. The summed E-state index contributed by atoms with van der Waals surface area (Å²) < 4.78 is 6.89. The average molecular weight is 449 g/mol. The van der Waals surface area contributed by atoms with Crippen LogP contribution in [0.1, 0.15) is 28.7 Å². The van der Waals surface area contributed by atoms with Gasteiger partial charge in [-0.05, 0) is 43.3 Å². The third-order valence-corrected chi connectivity index (χ3v) is 5.61. The summed E-state index contributed by atoms with van der Waals surface area (Å²) in [5.41, 5.74) is 2.80. The number of aromatic nitrogens is 3. The van der Waals surface area contributed by atoms with Crippen LogP contribution in [-0.4, -0.2) is 26.4 Å². The Kier molecular flexibility index (Phi) is 6.00. The zero-order valence-electron chi connectivity index (χ0n) is 17.4. The number of benzene rings is 2. The van der Waals surface area contributed by atoms with Crippen LogP contribution in [-0.2, 0) is 16.1 Å². The summed E-state index contributed by atoms with van der Waals surface area (Å²) >= 11 is 1.30. The molecule has 8 nitrogen and oxygen atoms in total. The number of hydrogen-bond acceptors (Lipinski definition) is 6. The Balaban J connectivity index is 1.43. The monoisotopic (exact) mass is 448 g/mol. The maximum Gasteiger partial charge on any atom is 0.338 e. The van der Waals surface area contributed by atoms with Gasteiger partial charge >= 0.3 is 11.7 Å². The Labute approximate surface area is 187 Å². The lowest BCUT2D eigenvalue weighted by atomic mass is 10.2. The number of anilines is 2. The number of esters is 1. The molecule has 0 unspecified atom stereocenters. The highest BCUT2D eigenvalue weighted by molar-refractivity contribution is 7.14. The third kappa shape index (κ3) is 4.37. The van der Waals surface area contributed by atoms with Crippen molar-refractivity contribution in [2.24, 2.45) is 0 Å². The second-order valence-electron chi connectivity index (χ2n) is 7.01. The number of H-pyrrole nitrogens is 1. The van der Waals surface area contributed by atoms with E-state index in [2.05, 4.69) is 9.97 Å². The number of carbonyl (C=O) groups is 2. The largest absolute Gasteiger partial charge is 0.456 e. The number of para-hydroxylation sites is 1. The van der Waals surface area contributed by atoms with Crippen LogP contribution >= 0.6 is 11.3 Å². The zero-order valence-corrected chi connectivity index (χ0v) is 18.3. The molecule has 0 saturated carbocycles. The second kappa shape index (κ2) is 9.03. The van der Waals surface area contributed by atoms with Crippen molar-refractivity contribution in [1.82, 2.24) is 14.5 Å². The fourth-order valence-corrected chi connectivity index (χ4v) is 4.09. The Morgan fingerprint density at radius 2 is 1.84 bits per heavy atom. The minimum absolute atomic E-state index is 0.0198. The van der Waals surface area contributed by atoms with Gasteiger partial charge in [-0.1, -0.05) is 18.2 Å². The average Bonchev–Trinajstić information content (AvgIpc) is 3.39. The number of carbonyl (C=O) groups excluding carboxylic acids is 2. The molecule has 0 aliphatic rings. The van der Waals surface area contributed by atoms with E-state index in [0.29, 0.717) is 22.1 Å². The van der Waals surface area contributed by atoms with Crippen LogP contribution in [0, 0.1) is 6.92 Å². The number of nitrogens with one attached hydrogen (secondary N) is 1. The first kappa shape index (κ1) is 21.3. The maximum atomic E-state index is 12.4. The minimum Gasteiger partial charge on any atom is -0.456 e. The molecule has 2 aromatic heterocycles. The number of aryl methyl sites for hydroxylation is 1. The predicted molar refractivity (Wildman–Crippen MR) is 122 cm³/mol. The fourth-order valence-electron chi connectivity index (χ4n) is 3.22. The summed E-state index contributed by atoms with van der Waals surface area (Å²) in [6.45, 7) is 3.27. The summed E-state index contributed by atoms with van der Waals surface area (Å²) in [5.74, 6) is -0.665. The summed E-state index contributed by atoms with van der Waals surface area (Å²) in [6.07, 6.45) is 1.62. The zero-order chi connectivity index (χ0) is 22.7. The molecule has 32 heavy (non-hydrogen) atoms. The Morgan fingerprint density at radius 3 is 2.47 bits per heavy atom. The smallest absolute Gasteiger partial charge is 0.338 e. The fraction of sp³-hybridized carbons (Fsp3) is 0.130. The third-order valence-electron chi connectivity index (χ3n) is 4.73. The maximum absolute atomic E-state index is 12.4. The highest BCUT2D eigenvalue weighted by Gasteiger charge is 2.18. The molecule has 4 rings (SSSR count). The molecule has 162 valence electrons. The highest BCUT2D eigenvalue weighted by Crippen LogP contribution is 2.29. The van der Waals surface area contributed by atoms with E-state index in [1.165, 1.54) is 27.7 Å². The van der Waals surface area contributed by atoms with E-state index in [9.17, 15) is 14.4 Å². The predicted octanol–water partition coefficient (Wildman–Crippen LogP) is 3.97. The van der Waals surface area contributed by atoms with Crippen molar-refractivity contribution in [3.63, 3.8) is 0 Å². The summed E-state index contributed by atoms with van der Waals surface area (Å²) in [4.78, 5) is 45.0. The van der Waals surface area contributed by atoms with E-state index in [4.69, 9.17) is 4.74 Å². The van der Waals surface area contributed by atoms with Crippen molar-refractivity contribution >= 4 is 34.0 Å². The quantitative estimate of drug-likeness (QED) is 0.450. The van der Waals surface area contributed by atoms with Crippen LogP contribution in [0.5, 0.6) is 0 Å². The van der Waals surface area contributed by atoms with Gasteiger partial charge in [-0.15, -0.1) is 11.3 Å². The van der Waals surface area contributed by atoms with E-state index in [-0.39, 0.29) is 18.2 Å². The SMILES string of the molecule is CC(=O)N(c1ccccc1)c1nc(COC(=O)c2ccc(-n3c(C)c[nH]c3=O)cc2)cs1. The molecule has 0 fully saturated rings. The van der Waals surface area contributed by atoms with Gasteiger partial charge in [-0.25, -0.2) is 14.6 Å². The Morgan fingerprint density at radius 1 is 1.12 bits per heavy atom. The molecule has 0 aliphatic heterocycles. The molecule has 0 spiro atoms. The standard InChI is InChI=1S/C23H20N4O4S/c1-15-12-24-22(30)26(15)20-10-8-17(9-11-20)21(29)31-13-18-14-32-23(25-18)27(16(2)28)19-6-4-3-5-7-19/h3-12,14H,13H2,1-2H3,(H,24,30). The van der Waals surface area contributed by atoms with Gasteiger partial charge in [0.05, 0.1) is 22.6 Å². The normalized spacial score (nSPS) is 10.7. The van der Waals surface area contributed by atoms with Gasteiger partial charge in [0.2, 0.25) is 5.91 Å². The summed E-state index contributed by atoms with van der Waals surface area (Å²) in [7, 11) is 0. The van der Waals surface area contributed by atoms with Crippen molar-refractivity contribution < 1.29 is 14.3 Å². The Hall–Kier alpha value is -3.98. The van der Waals surface area contributed by atoms with Gasteiger partial charge in [-0.2, -0.15) is 0 Å². The van der Waals surface area contributed by atoms with Gasteiger partial charge in [0.15, 0.2) is 5.13 Å². The lowest BCUT2D eigenvalue weighted by Crippen LogP contribution is -2.22. The molecule has 2 heterocycles. The number of ether oxygens (including phenoxy) is 1. The molecular weight excluding hydrogens is 428 g/mol. The van der Waals surface area contributed by atoms with Gasteiger partial charge in [0.25, 0.3) is 0 Å². The molecule has 0 aliphatic carbocycles. The molecule has 2 aromatic carbocycles. The van der Waals surface area contributed by atoms with Crippen LogP contribution in [0.2, 0.25) is 0 Å². The number of thiazole rings is 1. The van der Waals surface area contributed by atoms with Crippen molar-refractivity contribution in [3.05, 3.63) is 93.6 Å². The lowest BCUT2D eigenvalue weighted by Gasteiger charge is -2.17. The van der Waals surface area contributed by atoms with Gasteiger partial charge < -0.3 is 9.72 Å². The molecule has 4 aromatic rings. The molecule has 0 saturated heterocycles. The van der Waals surface area contributed by atoms with E-state index in [1.807, 2.05) is 37.3 Å². The second-order valence-corrected chi connectivity index (χ2v) is 7.84. The van der Waals surface area contributed by atoms with Crippen molar-refractivity contribution in [3.8, 4) is 5.69 Å². The molecule has 0 bridgehead atoms. The summed E-state index contributed by atoms with van der Waals surface area (Å²) in [5, 5.41) is 2.26. The van der Waals surface area contributed by atoms with Crippen molar-refractivity contribution in [1.29, 1.82) is 0 Å². The number of aromatic amines is 1. The molecule has 0 atom stereocenters. The van der Waals surface area contributed by atoms with E-state index < -0.39 is 5.97 Å². The highest BCUT2D eigenvalue weighted by atomic mass is 32.1. The number of hydrogen-bond donors (Lipinski definition) is 1. The van der Waals surface area contributed by atoms with Crippen LogP contribution in [0.25, 0.3) is 5.69 Å². The van der Waals surface area contributed by atoms with Crippen molar-refractivity contribution in [2.75, 3.05) is 4.90 Å². The minimum atomic E-state index is -0.504. The molecule has 9 heteroatoms. The van der Waals surface area contributed by atoms with E-state index in [1.54, 1.807) is 35.8 Å². The lowest BCUT2D eigenvalue weighted by molar-refractivity contribution is -0.115. The van der Waals surface area contributed by atoms with E-state index >= 15 is 0 Å². The van der Waals surface area contributed by atoms with Crippen LogP contribution in [0.15, 0.2) is 71.0 Å². The van der Waals surface area contributed by atoms with Gasteiger partial charge in [0, 0.05) is 24.2 Å². The number of rotatable bonds is 6. The van der Waals surface area contributed by atoms with Crippen LogP contribution in [0.3, 0.4) is 0 Å². The van der Waals surface area contributed by atoms with Crippen molar-refractivity contribution in [2.45, 2.75) is 20.5 Å². The van der Waals surface area contributed by atoms with Crippen LogP contribution in [0.4, 0.5) is 10.8 Å².